The van der Waals surface area contributed by atoms with Crippen molar-refractivity contribution < 1.29 is 33.2 Å². The number of benzene rings is 2. The van der Waals surface area contributed by atoms with Crippen molar-refractivity contribution >= 4 is 34.3 Å². The van der Waals surface area contributed by atoms with Crippen LogP contribution < -0.4 is 14.4 Å². The highest BCUT2D eigenvalue weighted by Crippen LogP contribution is 2.50. The lowest BCUT2D eigenvalue weighted by Gasteiger charge is -2.44. The van der Waals surface area contributed by atoms with Gasteiger partial charge in [-0.2, -0.15) is 0 Å². The fraction of sp³-hybridized carbons (Fsp3) is 0.424. The van der Waals surface area contributed by atoms with E-state index in [1.165, 1.54) is 6.07 Å². The fourth-order valence-corrected chi connectivity index (χ4v) is 7.29. The maximum atomic E-state index is 15.2. The molecule has 8 rings (SSSR count). The quantitative estimate of drug-likeness (QED) is 0.299. The molecule has 2 aromatic heterocycles. The molecule has 0 saturated carbocycles. The highest BCUT2D eigenvalue weighted by atomic mass is 35.5. The molecule has 240 valence electrons. The Kier molecular flexibility index (Phi) is 7.28. The first-order valence-electron chi connectivity index (χ1n) is 15.5. The molecule has 13 heteroatoms. The Balaban J connectivity index is 1.08. The Morgan fingerprint density at radius 3 is 2.80 bits per heavy atom. The number of rotatable bonds is 7. The van der Waals surface area contributed by atoms with E-state index in [4.69, 9.17) is 35.5 Å². The standard InChI is InChI=1S/C33H33ClFN5O6/c1-33(28-8-7-20(34)14-36-28)45-27-6-2-5-23(31(27)46-33)39-10-9-38(25-17-43-18-26(25)39)16-29-37-30-22(35)12-19(32(41)42)13-24(30)40(29)15-21-4-3-11-44-21/h2,5-8,12-14,21,25-26H,3-4,9-11,15-18H2,1H3,(H,41,42)/t21-,25+,26-,33-/m0/s1. The number of anilines is 1. The number of carbonyl (C=O) groups is 1. The number of aromatic carboxylic acids is 1. The topological polar surface area (TPSA) is 111 Å². The molecule has 2 aromatic carbocycles. The number of imidazole rings is 1. The number of halogens is 2. The molecule has 0 aliphatic carbocycles. The summed E-state index contributed by atoms with van der Waals surface area (Å²) in [7, 11) is 0. The summed E-state index contributed by atoms with van der Waals surface area (Å²) in [5.74, 6) is -0.955. The molecule has 0 bridgehead atoms. The lowest BCUT2D eigenvalue weighted by molar-refractivity contribution is -0.0716. The van der Waals surface area contributed by atoms with Gasteiger partial charge in [0.2, 0.25) is 0 Å². The van der Waals surface area contributed by atoms with E-state index in [-0.39, 0.29) is 29.3 Å². The maximum Gasteiger partial charge on any atom is 0.335 e. The molecule has 6 heterocycles. The fourth-order valence-electron chi connectivity index (χ4n) is 7.18. The predicted molar refractivity (Wildman–Crippen MR) is 166 cm³/mol. The van der Waals surface area contributed by atoms with Gasteiger partial charge in [0.05, 0.1) is 66.3 Å². The second-order valence-electron chi connectivity index (χ2n) is 12.4. The van der Waals surface area contributed by atoms with Gasteiger partial charge < -0.3 is 33.5 Å². The number of para-hydroxylation sites is 1. The molecule has 0 spiro atoms. The van der Waals surface area contributed by atoms with Crippen molar-refractivity contribution in [3.8, 4) is 11.5 Å². The molecular formula is C33H33ClFN5O6. The lowest BCUT2D eigenvalue weighted by Crippen LogP contribution is -2.59. The van der Waals surface area contributed by atoms with E-state index in [0.29, 0.717) is 79.6 Å². The Morgan fingerprint density at radius 2 is 2.02 bits per heavy atom. The van der Waals surface area contributed by atoms with Crippen LogP contribution in [0.15, 0.2) is 48.7 Å². The SMILES string of the molecule is C[C@]1(c2ccc(Cl)cn2)Oc2cccc(N3CCN(Cc4nc5c(F)cc(C(=O)O)cc5n4C[C@@H]4CCCO4)[C@@H]4COC[C@@H]43)c2O1. The molecule has 1 N–H and O–H groups in total. The summed E-state index contributed by atoms with van der Waals surface area (Å²) in [6.07, 6.45) is 3.38. The van der Waals surface area contributed by atoms with Crippen LogP contribution in [0.5, 0.6) is 11.5 Å². The van der Waals surface area contributed by atoms with Crippen LogP contribution in [0, 0.1) is 5.82 Å². The number of aromatic nitrogens is 3. The largest absolute Gasteiger partial charge is 0.478 e. The number of fused-ring (bicyclic) bond motifs is 3. The molecule has 0 amide bonds. The van der Waals surface area contributed by atoms with Crippen LogP contribution in [0.2, 0.25) is 5.02 Å². The van der Waals surface area contributed by atoms with Gasteiger partial charge in [0.1, 0.15) is 17.0 Å². The van der Waals surface area contributed by atoms with Gasteiger partial charge in [-0.05, 0) is 49.2 Å². The van der Waals surface area contributed by atoms with Crippen LogP contribution in [0.1, 0.15) is 41.6 Å². The van der Waals surface area contributed by atoms with Crippen molar-refractivity contribution in [3.63, 3.8) is 0 Å². The number of pyridine rings is 1. The van der Waals surface area contributed by atoms with Crippen molar-refractivity contribution in [1.29, 1.82) is 0 Å². The summed E-state index contributed by atoms with van der Waals surface area (Å²) in [5.41, 5.74) is 2.07. The second kappa shape index (κ2) is 11.4. The van der Waals surface area contributed by atoms with E-state index >= 15 is 4.39 Å². The van der Waals surface area contributed by atoms with E-state index in [1.54, 1.807) is 18.3 Å². The van der Waals surface area contributed by atoms with Gasteiger partial charge in [-0.25, -0.2) is 14.2 Å². The van der Waals surface area contributed by atoms with Crippen molar-refractivity contribution in [2.45, 2.75) is 56.8 Å². The van der Waals surface area contributed by atoms with E-state index in [9.17, 15) is 9.90 Å². The molecule has 4 atom stereocenters. The molecule has 4 aromatic rings. The van der Waals surface area contributed by atoms with E-state index in [2.05, 4.69) is 14.8 Å². The number of carboxylic acid groups (broad SMARTS) is 1. The van der Waals surface area contributed by atoms with Gasteiger partial charge in [-0.1, -0.05) is 17.7 Å². The number of hydrogen-bond acceptors (Lipinski definition) is 9. The molecular weight excluding hydrogens is 617 g/mol. The summed E-state index contributed by atoms with van der Waals surface area (Å²) in [6.45, 7) is 5.89. The number of hydrogen-bond donors (Lipinski definition) is 1. The number of piperazine rings is 1. The molecule has 0 unspecified atom stereocenters. The zero-order chi connectivity index (χ0) is 31.6. The number of nitrogens with zero attached hydrogens (tertiary/aromatic N) is 5. The minimum Gasteiger partial charge on any atom is -0.478 e. The molecule has 3 saturated heterocycles. The Hall–Kier alpha value is -3.97. The van der Waals surface area contributed by atoms with E-state index in [0.717, 1.165) is 24.6 Å². The Bertz CT molecular complexity index is 1810. The maximum absolute atomic E-state index is 15.2. The molecule has 0 radical (unpaired) electrons. The number of ether oxygens (including phenoxy) is 4. The zero-order valence-electron chi connectivity index (χ0n) is 25.2. The van der Waals surface area contributed by atoms with Crippen LogP contribution in [-0.4, -0.2) is 81.6 Å². The molecule has 11 nitrogen and oxygen atoms in total. The van der Waals surface area contributed by atoms with Crippen LogP contribution >= 0.6 is 11.6 Å². The Labute approximate surface area is 269 Å². The van der Waals surface area contributed by atoms with Gasteiger partial charge in [-0.3, -0.25) is 9.88 Å². The van der Waals surface area contributed by atoms with Gasteiger partial charge in [0, 0.05) is 32.8 Å². The first-order valence-corrected chi connectivity index (χ1v) is 15.9. The molecule has 46 heavy (non-hydrogen) atoms. The second-order valence-corrected chi connectivity index (χ2v) is 12.8. The van der Waals surface area contributed by atoms with Crippen LogP contribution in [0.4, 0.5) is 10.1 Å². The Morgan fingerprint density at radius 1 is 1.15 bits per heavy atom. The van der Waals surface area contributed by atoms with Gasteiger partial charge in [-0.15, -0.1) is 0 Å². The molecule has 3 fully saturated rings. The predicted octanol–water partition coefficient (Wildman–Crippen LogP) is 4.83. The van der Waals surface area contributed by atoms with Crippen molar-refractivity contribution in [1.82, 2.24) is 19.4 Å². The third-order valence-corrected chi connectivity index (χ3v) is 9.69. The third kappa shape index (κ3) is 5.04. The number of carboxylic acids is 1. The highest BCUT2D eigenvalue weighted by Gasteiger charge is 2.46. The zero-order valence-corrected chi connectivity index (χ0v) is 26.0. The normalized spacial score (nSPS) is 25.8. The summed E-state index contributed by atoms with van der Waals surface area (Å²) in [5, 5.41) is 10.1. The molecule has 4 aliphatic heterocycles. The average Bonchev–Trinajstić information content (AvgIpc) is 3.85. The van der Waals surface area contributed by atoms with Crippen LogP contribution in [0.25, 0.3) is 11.0 Å². The summed E-state index contributed by atoms with van der Waals surface area (Å²) in [6, 6.07) is 12.1. The van der Waals surface area contributed by atoms with Crippen LogP contribution in [0.3, 0.4) is 0 Å². The first kappa shape index (κ1) is 29.4. The summed E-state index contributed by atoms with van der Waals surface area (Å²) >= 11 is 6.07. The van der Waals surface area contributed by atoms with Crippen molar-refractivity contribution in [3.05, 3.63) is 76.6 Å². The molecule has 4 aliphatic rings. The van der Waals surface area contributed by atoms with Crippen molar-refractivity contribution in [2.75, 3.05) is 37.8 Å². The first-order chi connectivity index (χ1) is 22.3. The van der Waals surface area contributed by atoms with E-state index < -0.39 is 17.6 Å². The smallest absolute Gasteiger partial charge is 0.335 e. The minimum absolute atomic E-state index is 0.0238. The summed E-state index contributed by atoms with van der Waals surface area (Å²) in [4.78, 5) is 25.6. The van der Waals surface area contributed by atoms with Gasteiger partial charge in [0.25, 0.3) is 5.79 Å². The summed E-state index contributed by atoms with van der Waals surface area (Å²) < 4.78 is 41.9. The third-order valence-electron chi connectivity index (χ3n) is 9.47. The van der Waals surface area contributed by atoms with E-state index in [1.807, 2.05) is 29.7 Å². The highest BCUT2D eigenvalue weighted by molar-refractivity contribution is 6.30. The van der Waals surface area contributed by atoms with Gasteiger partial charge >= 0.3 is 5.97 Å². The minimum atomic E-state index is -1.18. The monoisotopic (exact) mass is 649 g/mol. The van der Waals surface area contributed by atoms with Gasteiger partial charge in [0.15, 0.2) is 17.3 Å². The lowest BCUT2D eigenvalue weighted by atomic mass is 10.0. The van der Waals surface area contributed by atoms with Crippen molar-refractivity contribution in [2.24, 2.45) is 0 Å². The average molecular weight is 650 g/mol. The van der Waals surface area contributed by atoms with Crippen LogP contribution in [-0.2, 0) is 28.4 Å².